The Morgan fingerprint density at radius 3 is 2.67 bits per heavy atom. The van der Waals surface area contributed by atoms with Gasteiger partial charge in [0, 0.05) is 57.0 Å². The molecule has 30 heavy (non-hydrogen) atoms. The molecule has 0 unspecified atom stereocenters. The third kappa shape index (κ3) is 6.64. The van der Waals surface area contributed by atoms with Crippen molar-refractivity contribution in [3.8, 4) is 0 Å². The number of benzene rings is 1. The predicted octanol–water partition coefficient (Wildman–Crippen LogP) is 5.27. The summed E-state index contributed by atoms with van der Waals surface area (Å²) in [4.78, 5) is 20.3. The minimum absolute atomic E-state index is 0.0511. The Morgan fingerprint density at radius 1 is 1.37 bits per heavy atom. The third-order valence-electron chi connectivity index (χ3n) is 5.10. The molecule has 0 radical (unpaired) electrons. The summed E-state index contributed by atoms with van der Waals surface area (Å²) in [7, 11) is 5.32. The normalized spacial score (nSPS) is 16.0. The van der Waals surface area contributed by atoms with Gasteiger partial charge >= 0.3 is 0 Å². The maximum atomic E-state index is 12.2. The van der Waals surface area contributed by atoms with E-state index >= 15 is 0 Å². The molecule has 0 saturated carbocycles. The number of halogens is 1. The molecule has 1 heterocycles. The van der Waals surface area contributed by atoms with Crippen LogP contribution in [0, 0.1) is 6.92 Å². The van der Waals surface area contributed by atoms with E-state index in [0.29, 0.717) is 0 Å². The topological polar surface area (TPSA) is 35.9 Å². The van der Waals surface area contributed by atoms with Crippen molar-refractivity contribution < 1.29 is 4.79 Å². The van der Waals surface area contributed by atoms with Crippen LogP contribution in [0.15, 0.2) is 63.6 Å². The van der Waals surface area contributed by atoms with Crippen LogP contribution < -0.4 is 0 Å². The fourth-order valence-corrected chi connectivity index (χ4v) is 3.71. The smallest absolute Gasteiger partial charge is 0.253 e. The molecule has 0 bridgehead atoms. The number of rotatable bonds is 7. The first-order chi connectivity index (χ1) is 14.2. The van der Waals surface area contributed by atoms with Crippen molar-refractivity contribution in [2.24, 2.45) is 4.99 Å². The molecule has 0 spiro atoms. The van der Waals surface area contributed by atoms with Crippen LogP contribution in [0.2, 0.25) is 0 Å². The quantitative estimate of drug-likeness (QED) is 0.402. The van der Waals surface area contributed by atoms with Gasteiger partial charge in [0.05, 0.1) is 0 Å². The molecule has 2 rings (SSSR count). The van der Waals surface area contributed by atoms with Gasteiger partial charge in [0.25, 0.3) is 5.91 Å². The molecule has 0 aliphatic carbocycles. The van der Waals surface area contributed by atoms with E-state index in [1.807, 2.05) is 19.1 Å². The second-order valence-electron chi connectivity index (χ2n) is 7.88. The third-order valence-corrected chi connectivity index (χ3v) is 5.87. The number of aliphatic imine (C=N–C) groups is 1. The average molecular weight is 470 g/mol. The van der Waals surface area contributed by atoms with E-state index in [9.17, 15) is 4.79 Å². The summed E-state index contributed by atoms with van der Waals surface area (Å²) in [5.74, 6) is 0.0511. The van der Waals surface area contributed by atoms with Crippen LogP contribution >= 0.6 is 15.9 Å². The lowest BCUT2D eigenvalue weighted by molar-refractivity contribution is 0.0827. The van der Waals surface area contributed by atoms with Crippen LogP contribution in [0.3, 0.4) is 0 Å². The van der Waals surface area contributed by atoms with Crippen LogP contribution in [0.25, 0.3) is 5.57 Å². The van der Waals surface area contributed by atoms with Gasteiger partial charge in [-0.1, -0.05) is 52.4 Å². The molecule has 0 saturated heterocycles. The maximum absolute atomic E-state index is 12.2. The predicted molar refractivity (Wildman–Crippen MR) is 133 cm³/mol. The highest BCUT2D eigenvalue weighted by Crippen LogP contribution is 2.25. The summed E-state index contributed by atoms with van der Waals surface area (Å²) in [5.41, 5.74) is 6.59. The Labute approximate surface area is 189 Å². The first-order valence-electron chi connectivity index (χ1n) is 10.1. The molecule has 1 aliphatic rings. The monoisotopic (exact) mass is 469 g/mol. The largest absolute Gasteiger partial charge is 0.345 e. The summed E-state index contributed by atoms with van der Waals surface area (Å²) in [6, 6.07) is 6.16. The lowest BCUT2D eigenvalue weighted by atomic mass is 9.95. The second kappa shape index (κ2) is 11.2. The van der Waals surface area contributed by atoms with E-state index in [-0.39, 0.29) is 5.91 Å². The fourth-order valence-electron chi connectivity index (χ4n) is 3.47. The van der Waals surface area contributed by atoms with Gasteiger partial charge in [-0.3, -0.25) is 14.7 Å². The van der Waals surface area contributed by atoms with Crippen molar-refractivity contribution in [1.82, 2.24) is 9.80 Å². The van der Waals surface area contributed by atoms with E-state index in [1.54, 1.807) is 32.3 Å². The summed E-state index contributed by atoms with van der Waals surface area (Å²) in [6.45, 7) is 11.1. The van der Waals surface area contributed by atoms with E-state index in [4.69, 9.17) is 0 Å². The van der Waals surface area contributed by atoms with Crippen LogP contribution in [0.4, 0.5) is 0 Å². The summed E-state index contributed by atoms with van der Waals surface area (Å²) in [5, 5.41) is 0. The highest BCUT2D eigenvalue weighted by molar-refractivity contribution is 9.12. The Kier molecular flexibility index (Phi) is 9.00. The van der Waals surface area contributed by atoms with Crippen molar-refractivity contribution in [3.05, 3.63) is 75.3 Å². The number of hydrogen-bond acceptors (Lipinski definition) is 3. The highest BCUT2D eigenvalue weighted by Gasteiger charge is 2.16. The van der Waals surface area contributed by atoms with Crippen LogP contribution in [0.5, 0.6) is 0 Å². The highest BCUT2D eigenvalue weighted by atomic mass is 79.9. The van der Waals surface area contributed by atoms with Gasteiger partial charge in [-0.25, -0.2) is 0 Å². The molecule has 1 aliphatic heterocycles. The number of amides is 1. The van der Waals surface area contributed by atoms with Crippen molar-refractivity contribution in [2.45, 2.75) is 20.3 Å². The van der Waals surface area contributed by atoms with Gasteiger partial charge in [-0.2, -0.15) is 0 Å². The SMILES string of the molecule is C=C(/C=C(\C)CN1CC=C(c2ccc(C(=O)N(C)C)c(C)c2)CC1)/C(Br)=C\C=NC. The van der Waals surface area contributed by atoms with Gasteiger partial charge < -0.3 is 4.90 Å². The molecule has 1 amide bonds. The minimum Gasteiger partial charge on any atom is -0.345 e. The molecule has 0 N–H and O–H groups in total. The van der Waals surface area contributed by atoms with Crippen molar-refractivity contribution in [1.29, 1.82) is 0 Å². The first-order valence-corrected chi connectivity index (χ1v) is 10.9. The zero-order chi connectivity index (χ0) is 22.3. The molecule has 0 atom stereocenters. The molecular formula is C25H32BrN3O. The number of allylic oxidation sites excluding steroid dienone is 4. The van der Waals surface area contributed by atoms with E-state index in [1.165, 1.54) is 16.7 Å². The average Bonchev–Trinajstić information content (AvgIpc) is 2.71. The molecule has 1 aromatic rings. The number of hydrogen-bond donors (Lipinski definition) is 0. The van der Waals surface area contributed by atoms with Gasteiger partial charge in [-0.15, -0.1) is 0 Å². The first kappa shape index (κ1) is 24.0. The standard InChI is InChI=1S/C25H32BrN3O/c1-18(15-20(3)24(26)9-12-27-4)17-29-13-10-21(11-14-29)22-7-8-23(19(2)16-22)25(30)28(5)6/h7-10,12,15-16H,3,11,13-14,17H2,1-2,4-6H3/b18-15+,24-9+,27-12?. The minimum atomic E-state index is 0.0511. The summed E-state index contributed by atoms with van der Waals surface area (Å²) >= 11 is 3.54. The molecule has 0 aromatic heterocycles. The van der Waals surface area contributed by atoms with Gasteiger partial charge in [0.15, 0.2) is 0 Å². The molecular weight excluding hydrogens is 438 g/mol. The Hall–Kier alpha value is -2.24. The Bertz CT molecular complexity index is 922. The zero-order valence-corrected chi connectivity index (χ0v) is 20.3. The lowest BCUT2D eigenvalue weighted by Crippen LogP contribution is -2.30. The van der Waals surface area contributed by atoms with Gasteiger partial charge in [0.2, 0.25) is 0 Å². The number of carbonyl (C=O) groups excluding carboxylic acids is 1. The number of aryl methyl sites for hydroxylation is 1. The summed E-state index contributed by atoms with van der Waals surface area (Å²) < 4.78 is 0.944. The van der Waals surface area contributed by atoms with Crippen molar-refractivity contribution in [3.63, 3.8) is 0 Å². The molecule has 5 heteroatoms. The van der Waals surface area contributed by atoms with Crippen LogP contribution in [-0.4, -0.2) is 62.7 Å². The zero-order valence-electron chi connectivity index (χ0n) is 18.7. The molecule has 4 nitrogen and oxygen atoms in total. The second-order valence-corrected chi connectivity index (χ2v) is 8.74. The molecule has 160 valence electrons. The van der Waals surface area contributed by atoms with Gasteiger partial charge in [-0.05, 0) is 54.7 Å². The molecule has 1 aromatic carbocycles. The van der Waals surface area contributed by atoms with Gasteiger partial charge in [0.1, 0.15) is 0 Å². The molecule has 0 fully saturated rings. The Morgan fingerprint density at radius 2 is 2.10 bits per heavy atom. The van der Waals surface area contributed by atoms with E-state index < -0.39 is 0 Å². The van der Waals surface area contributed by atoms with Crippen molar-refractivity contribution in [2.75, 3.05) is 40.8 Å². The fraction of sp³-hybridized carbons (Fsp3) is 0.360. The van der Waals surface area contributed by atoms with Crippen LogP contribution in [-0.2, 0) is 0 Å². The van der Waals surface area contributed by atoms with E-state index in [0.717, 1.165) is 47.2 Å². The van der Waals surface area contributed by atoms with Crippen molar-refractivity contribution >= 4 is 33.6 Å². The summed E-state index contributed by atoms with van der Waals surface area (Å²) in [6.07, 6.45) is 9.08. The van der Waals surface area contributed by atoms with E-state index in [2.05, 4.69) is 63.6 Å². The maximum Gasteiger partial charge on any atom is 0.253 e. The Balaban J connectivity index is 2.01. The lowest BCUT2D eigenvalue weighted by Gasteiger charge is -2.27. The van der Waals surface area contributed by atoms with Crippen LogP contribution in [0.1, 0.15) is 34.8 Å². The number of carbonyl (C=O) groups is 1. The number of nitrogens with zero attached hydrogens (tertiary/aromatic N) is 3.